The molecule has 0 N–H and O–H groups in total. The maximum absolute atomic E-state index is 12.3. The van der Waals surface area contributed by atoms with E-state index in [-0.39, 0.29) is 23.3 Å². The van der Waals surface area contributed by atoms with Gasteiger partial charge in [0.05, 0.1) is 24.3 Å². The second-order valence-electron chi connectivity index (χ2n) is 8.67. The van der Waals surface area contributed by atoms with E-state index >= 15 is 0 Å². The molecule has 29 heavy (non-hydrogen) atoms. The molecule has 1 unspecified atom stereocenters. The molecule has 156 valence electrons. The quantitative estimate of drug-likeness (QED) is 0.420. The number of rotatable bonds is 8. The van der Waals surface area contributed by atoms with Crippen LogP contribution in [0.4, 0.5) is 0 Å². The van der Waals surface area contributed by atoms with Crippen molar-refractivity contribution in [2.75, 3.05) is 13.2 Å². The second-order valence-corrected chi connectivity index (χ2v) is 8.67. The fraction of sp³-hybridized carbons (Fsp3) is 0.440. The molecule has 0 aliphatic carbocycles. The Morgan fingerprint density at radius 3 is 1.69 bits per heavy atom. The van der Waals surface area contributed by atoms with Crippen molar-refractivity contribution in [3.63, 3.8) is 0 Å². The van der Waals surface area contributed by atoms with Crippen LogP contribution < -0.4 is 0 Å². The predicted molar refractivity (Wildman–Crippen MR) is 115 cm³/mol. The number of benzene rings is 2. The number of ether oxygens (including phenoxy) is 2. The lowest BCUT2D eigenvalue weighted by molar-refractivity contribution is 0.0289. The van der Waals surface area contributed by atoms with Gasteiger partial charge < -0.3 is 9.47 Å². The first-order chi connectivity index (χ1) is 13.7. The molecule has 2 rings (SSSR count). The Hall–Kier alpha value is -2.62. The molecular weight excluding hydrogens is 364 g/mol. The van der Waals surface area contributed by atoms with Crippen molar-refractivity contribution in [2.24, 2.45) is 11.3 Å². The average Bonchev–Trinajstić information content (AvgIpc) is 2.67. The minimum Gasteiger partial charge on any atom is -0.462 e. The summed E-state index contributed by atoms with van der Waals surface area (Å²) in [4.78, 5) is 24.4. The highest BCUT2D eigenvalue weighted by atomic mass is 16.5. The predicted octanol–water partition coefficient (Wildman–Crippen LogP) is 5.76. The number of hydrogen-bond acceptors (Lipinski definition) is 4. The van der Waals surface area contributed by atoms with Crippen molar-refractivity contribution in [3.8, 4) is 0 Å². The Morgan fingerprint density at radius 2 is 1.24 bits per heavy atom. The molecule has 0 bridgehead atoms. The molecule has 0 aliphatic rings. The number of carbonyl (C=O) groups excluding carboxylic acids is 2. The Labute approximate surface area is 174 Å². The molecule has 0 saturated heterocycles. The summed E-state index contributed by atoms with van der Waals surface area (Å²) in [7, 11) is 0. The average molecular weight is 397 g/mol. The van der Waals surface area contributed by atoms with Crippen LogP contribution in [0.5, 0.6) is 0 Å². The van der Waals surface area contributed by atoms with Crippen molar-refractivity contribution < 1.29 is 19.1 Å². The summed E-state index contributed by atoms with van der Waals surface area (Å²) in [5, 5.41) is 0. The summed E-state index contributed by atoms with van der Waals surface area (Å²) in [5.41, 5.74) is 3.32. The molecular formula is C25H32O4. The summed E-state index contributed by atoms with van der Waals surface area (Å²) in [6, 6.07) is 14.7. The summed E-state index contributed by atoms with van der Waals surface area (Å²) in [6.07, 6.45) is 1.54. The van der Waals surface area contributed by atoms with E-state index in [0.717, 1.165) is 24.0 Å². The van der Waals surface area contributed by atoms with Gasteiger partial charge in [0.15, 0.2) is 0 Å². The second kappa shape index (κ2) is 10.2. The van der Waals surface area contributed by atoms with Crippen molar-refractivity contribution in [3.05, 3.63) is 70.8 Å². The van der Waals surface area contributed by atoms with Crippen LogP contribution in [0.1, 0.15) is 65.5 Å². The molecule has 0 radical (unpaired) electrons. The van der Waals surface area contributed by atoms with Gasteiger partial charge in [0.25, 0.3) is 0 Å². The molecule has 4 heteroatoms. The lowest BCUT2D eigenvalue weighted by Gasteiger charge is -2.30. The number of carbonyl (C=O) groups is 2. The molecule has 0 aliphatic heterocycles. The molecule has 2 aromatic rings. The van der Waals surface area contributed by atoms with Gasteiger partial charge >= 0.3 is 11.9 Å². The molecule has 2 aromatic carbocycles. The Balaban J connectivity index is 1.81. The largest absolute Gasteiger partial charge is 0.462 e. The van der Waals surface area contributed by atoms with Crippen molar-refractivity contribution in [1.29, 1.82) is 0 Å². The van der Waals surface area contributed by atoms with Gasteiger partial charge in [0.1, 0.15) is 0 Å². The first kappa shape index (κ1) is 22.7. The molecule has 0 heterocycles. The monoisotopic (exact) mass is 396 g/mol. The summed E-state index contributed by atoms with van der Waals surface area (Å²) < 4.78 is 11.0. The van der Waals surface area contributed by atoms with E-state index < -0.39 is 0 Å². The van der Waals surface area contributed by atoms with Gasteiger partial charge in [-0.3, -0.25) is 0 Å². The van der Waals surface area contributed by atoms with Gasteiger partial charge in [-0.1, -0.05) is 56.2 Å². The first-order valence-corrected chi connectivity index (χ1v) is 10.1. The van der Waals surface area contributed by atoms with Gasteiger partial charge in [0, 0.05) is 0 Å². The Kier molecular flexibility index (Phi) is 8.00. The zero-order valence-electron chi connectivity index (χ0n) is 18.2. The normalized spacial score (nSPS) is 12.3. The third-order valence-corrected chi connectivity index (χ3v) is 5.14. The van der Waals surface area contributed by atoms with Crippen LogP contribution in [0.2, 0.25) is 0 Å². The zero-order chi connectivity index (χ0) is 21.4. The molecule has 0 amide bonds. The maximum atomic E-state index is 12.3. The topological polar surface area (TPSA) is 52.6 Å². The zero-order valence-corrected chi connectivity index (χ0v) is 18.2. The van der Waals surface area contributed by atoms with Crippen molar-refractivity contribution >= 4 is 11.9 Å². The Bertz CT molecular complexity index is 798. The molecule has 0 saturated carbocycles. The minimum absolute atomic E-state index is 0.0193. The molecule has 1 atom stereocenters. The van der Waals surface area contributed by atoms with E-state index in [0.29, 0.717) is 24.3 Å². The highest BCUT2D eigenvalue weighted by Gasteiger charge is 2.26. The lowest BCUT2D eigenvalue weighted by atomic mass is 9.78. The van der Waals surface area contributed by atoms with E-state index in [1.54, 1.807) is 24.3 Å². The van der Waals surface area contributed by atoms with Crippen molar-refractivity contribution in [1.82, 2.24) is 0 Å². The van der Waals surface area contributed by atoms with Gasteiger partial charge in [-0.2, -0.15) is 0 Å². The highest BCUT2D eigenvalue weighted by Crippen LogP contribution is 2.30. The minimum atomic E-state index is -0.303. The standard InChI is InChI=1S/C25H32O4/c1-18-8-12-20(13-9-18)23(26)28-16-6-7-22(25(3,4)5)17-29-24(27)21-14-10-19(2)11-15-21/h8-15,22H,6-7,16-17H2,1-5H3. The SMILES string of the molecule is Cc1ccc(C(=O)OCCCC(COC(=O)c2ccc(C)cc2)C(C)(C)C)cc1. The van der Waals surface area contributed by atoms with E-state index in [1.807, 2.05) is 38.1 Å². The molecule has 0 fully saturated rings. The van der Waals surface area contributed by atoms with Crippen LogP contribution >= 0.6 is 0 Å². The third-order valence-electron chi connectivity index (χ3n) is 5.14. The molecule has 4 nitrogen and oxygen atoms in total. The van der Waals surface area contributed by atoms with Gasteiger partial charge in [-0.25, -0.2) is 9.59 Å². The first-order valence-electron chi connectivity index (χ1n) is 10.1. The Morgan fingerprint density at radius 1 is 0.793 bits per heavy atom. The number of hydrogen-bond donors (Lipinski definition) is 0. The van der Waals surface area contributed by atoms with E-state index in [9.17, 15) is 9.59 Å². The van der Waals surface area contributed by atoms with E-state index in [1.165, 1.54) is 0 Å². The number of esters is 2. The van der Waals surface area contributed by atoms with Crippen LogP contribution in [0, 0.1) is 25.2 Å². The number of aryl methyl sites for hydroxylation is 2. The van der Waals surface area contributed by atoms with Gasteiger partial charge in [-0.15, -0.1) is 0 Å². The van der Waals surface area contributed by atoms with Crippen LogP contribution in [0.15, 0.2) is 48.5 Å². The van der Waals surface area contributed by atoms with Gasteiger partial charge in [0.2, 0.25) is 0 Å². The van der Waals surface area contributed by atoms with Crippen LogP contribution in [-0.2, 0) is 9.47 Å². The maximum Gasteiger partial charge on any atom is 0.338 e. The fourth-order valence-electron chi connectivity index (χ4n) is 2.98. The molecule has 0 spiro atoms. The van der Waals surface area contributed by atoms with E-state index in [4.69, 9.17) is 9.47 Å². The summed E-state index contributed by atoms with van der Waals surface area (Å²) >= 11 is 0. The summed E-state index contributed by atoms with van der Waals surface area (Å²) in [6.45, 7) is 11.1. The summed E-state index contributed by atoms with van der Waals surface area (Å²) in [5.74, 6) is -0.428. The highest BCUT2D eigenvalue weighted by molar-refractivity contribution is 5.89. The smallest absolute Gasteiger partial charge is 0.338 e. The van der Waals surface area contributed by atoms with E-state index in [2.05, 4.69) is 20.8 Å². The van der Waals surface area contributed by atoms with Crippen LogP contribution in [-0.4, -0.2) is 25.2 Å². The fourth-order valence-corrected chi connectivity index (χ4v) is 2.98. The van der Waals surface area contributed by atoms with Crippen LogP contribution in [0.3, 0.4) is 0 Å². The lowest BCUT2D eigenvalue weighted by Crippen LogP contribution is -2.27. The molecule has 0 aromatic heterocycles. The van der Waals surface area contributed by atoms with Crippen molar-refractivity contribution in [2.45, 2.75) is 47.5 Å². The third kappa shape index (κ3) is 7.37. The van der Waals surface area contributed by atoms with Crippen LogP contribution in [0.25, 0.3) is 0 Å². The van der Waals surface area contributed by atoms with Gasteiger partial charge in [-0.05, 0) is 62.3 Å².